The average molecular weight is 362 g/mol. The second-order valence-electron chi connectivity index (χ2n) is 7.03. The summed E-state index contributed by atoms with van der Waals surface area (Å²) in [5, 5.41) is 2.97. The molecule has 2 amide bonds. The number of nitrogens with one attached hydrogen (secondary N) is 1. The van der Waals surface area contributed by atoms with Crippen LogP contribution in [-0.4, -0.2) is 24.6 Å². The number of aryl methyl sites for hydroxylation is 1. The number of nitrogens with zero attached hydrogens (tertiary/aromatic N) is 1. The van der Waals surface area contributed by atoms with E-state index in [2.05, 4.69) is 10.3 Å². The molecule has 27 heavy (non-hydrogen) atoms. The predicted molar refractivity (Wildman–Crippen MR) is 103 cm³/mol. The van der Waals surface area contributed by atoms with E-state index >= 15 is 0 Å². The van der Waals surface area contributed by atoms with Crippen molar-refractivity contribution in [1.82, 2.24) is 5.32 Å². The van der Waals surface area contributed by atoms with E-state index < -0.39 is 0 Å². The van der Waals surface area contributed by atoms with E-state index in [1.807, 2.05) is 42.5 Å². The van der Waals surface area contributed by atoms with Crippen LogP contribution in [0.2, 0.25) is 0 Å². The minimum Gasteiger partial charge on any atom is -0.497 e. The molecule has 0 fully saturated rings. The molecule has 138 valence electrons. The first-order valence-corrected chi connectivity index (χ1v) is 9.31. The van der Waals surface area contributed by atoms with Gasteiger partial charge in [0, 0.05) is 23.6 Å². The van der Waals surface area contributed by atoms with Gasteiger partial charge in [0.15, 0.2) is 0 Å². The van der Waals surface area contributed by atoms with Gasteiger partial charge in [0.05, 0.1) is 12.8 Å². The van der Waals surface area contributed by atoms with Crippen molar-refractivity contribution >= 4 is 17.5 Å². The lowest BCUT2D eigenvalue weighted by Crippen LogP contribution is -2.35. The fourth-order valence-electron chi connectivity index (χ4n) is 3.90. The zero-order valence-electron chi connectivity index (χ0n) is 15.3. The summed E-state index contributed by atoms with van der Waals surface area (Å²) >= 11 is 0. The monoisotopic (exact) mass is 362 g/mol. The number of methoxy groups -OCH3 is 1. The van der Waals surface area contributed by atoms with Crippen molar-refractivity contribution in [2.75, 3.05) is 7.11 Å². The number of carbonyl (C=O) groups excluding carboxylic acids is 2. The van der Waals surface area contributed by atoms with Gasteiger partial charge in [-0.2, -0.15) is 0 Å². The number of allylic oxidation sites excluding steroid dienone is 3. The van der Waals surface area contributed by atoms with E-state index in [0.29, 0.717) is 18.6 Å². The highest BCUT2D eigenvalue weighted by Gasteiger charge is 2.34. The zero-order valence-corrected chi connectivity index (χ0v) is 15.3. The van der Waals surface area contributed by atoms with Crippen molar-refractivity contribution in [3.8, 4) is 5.75 Å². The highest BCUT2D eigenvalue weighted by atomic mass is 16.5. The molecular formula is C22H22N2O3. The highest BCUT2D eigenvalue weighted by Crippen LogP contribution is 2.39. The molecule has 4 rings (SSSR count). The number of fused-ring (bicyclic) bond motifs is 2. The van der Waals surface area contributed by atoms with E-state index in [0.717, 1.165) is 41.8 Å². The average Bonchev–Trinajstić information content (AvgIpc) is 3.17. The number of aliphatic imine (C=N–C) groups is 1. The van der Waals surface area contributed by atoms with Gasteiger partial charge < -0.3 is 10.1 Å². The molecular weight excluding hydrogens is 340 g/mol. The van der Waals surface area contributed by atoms with E-state index in [1.54, 1.807) is 7.11 Å². The smallest absolute Gasteiger partial charge is 0.251 e. The second kappa shape index (κ2) is 7.35. The number of amides is 2. The van der Waals surface area contributed by atoms with Crippen LogP contribution < -0.4 is 10.1 Å². The van der Waals surface area contributed by atoms with Gasteiger partial charge in [-0.1, -0.05) is 18.2 Å². The lowest BCUT2D eigenvalue weighted by Gasteiger charge is -2.28. The summed E-state index contributed by atoms with van der Waals surface area (Å²) in [4.78, 5) is 28.7. The van der Waals surface area contributed by atoms with Crippen molar-refractivity contribution in [3.05, 3.63) is 64.9 Å². The molecule has 0 saturated carbocycles. The van der Waals surface area contributed by atoms with Crippen molar-refractivity contribution in [2.24, 2.45) is 10.9 Å². The third kappa shape index (κ3) is 3.63. The van der Waals surface area contributed by atoms with Crippen molar-refractivity contribution in [3.63, 3.8) is 0 Å². The standard InChI is InChI=1S/C22H22N2O3/c1-27-16-9-5-14(6-10-16)7-12-21(25)23-15-8-11-18-17-3-2-4-19(17)22(26)24-20(18)13-15/h5-6,8-11,13,18H,2-4,7,12H2,1H3,(H,24,26). The number of benzene rings is 1. The third-order valence-corrected chi connectivity index (χ3v) is 5.31. The van der Waals surface area contributed by atoms with Gasteiger partial charge in [-0.3, -0.25) is 9.59 Å². The molecule has 0 bridgehead atoms. The molecule has 5 heteroatoms. The van der Waals surface area contributed by atoms with Crippen LogP contribution in [0.1, 0.15) is 31.2 Å². The number of hydrogen-bond acceptors (Lipinski definition) is 3. The Labute approximate surface area is 158 Å². The van der Waals surface area contributed by atoms with E-state index in [1.165, 1.54) is 5.57 Å². The van der Waals surface area contributed by atoms with Crippen LogP contribution in [-0.2, 0) is 16.0 Å². The molecule has 1 atom stereocenters. The summed E-state index contributed by atoms with van der Waals surface area (Å²) in [5.41, 5.74) is 4.68. The first-order valence-electron chi connectivity index (χ1n) is 9.31. The maximum atomic E-state index is 12.2. The maximum absolute atomic E-state index is 12.2. The summed E-state index contributed by atoms with van der Waals surface area (Å²) in [5.74, 6) is 0.775. The summed E-state index contributed by atoms with van der Waals surface area (Å²) < 4.78 is 5.14. The molecule has 1 aromatic carbocycles. The van der Waals surface area contributed by atoms with Gasteiger partial charge in [-0.15, -0.1) is 0 Å². The van der Waals surface area contributed by atoms with Crippen LogP contribution in [0.25, 0.3) is 0 Å². The minimum absolute atomic E-state index is 0.00508. The summed E-state index contributed by atoms with van der Waals surface area (Å²) in [6.45, 7) is 0. The quantitative estimate of drug-likeness (QED) is 0.894. The molecule has 1 heterocycles. The highest BCUT2D eigenvalue weighted by molar-refractivity contribution is 6.11. The molecule has 1 aliphatic heterocycles. The first-order chi connectivity index (χ1) is 13.1. The SMILES string of the molecule is COc1ccc(CCC(=O)N=C2C=CC3C(=C2)NC(=O)C2=C3CCC2)cc1. The Balaban J connectivity index is 1.42. The van der Waals surface area contributed by atoms with E-state index in [9.17, 15) is 9.59 Å². The molecule has 0 saturated heterocycles. The van der Waals surface area contributed by atoms with Gasteiger partial charge in [-0.05, 0) is 61.1 Å². The van der Waals surface area contributed by atoms with E-state index in [4.69, 9.17) is 4.74 Å². The zero-order chi connectivity index (χ0) is 18.8. The Hall–Kier alpha value is -2.95. The Kier molecular flexibility index (Phi) is 4.75. The molecule has 2 aliphatic carbocycles. The molecule has 1 N–H and O–H groups in total. The molecule has 0 spiro atoms. The van der Waals surface area contributed by atoms with Gasteiger partial charge in [0.2, 0.25) is 5.91 Å². The summed E-state index contributed by atoms with van der Waals surface area (Å²) in [6, 6.07) is 7.68. The number of carbonyl (C=O) groups is 2. The van der Waals surface area contributed by atoms with Gasteiger partial charge in [0.25, 0.3) is 5.91 Å². The normalized spacial score (nSPS) is 22.3. The summed E-state index contributed by atoms with van der Waals surface area (Å²) in [6.07, 6.45) is 9.63. The van der Waals surface area contributed by atoms with Crippen LogP contribution in [0, 0.1) is 5.92 Å². The Morgan fingerprint density at radius 2 is 2.07 bits per heavy atom. The summed E-state index contributed by atoms with van der Waals surface area (Å²) in [7, 11) is 1.63. The largest absolute Gasteiger partial charge is 0.497 e. The Morgan fingerprint density at radius 1 is 1.26 bits per heavy atom. The minimum atomic E-state index is -0.163. The molecule has 5 nitrogen and oxygen atoms in total. The molecule has 1 unspecified atom stereocenters. The van der Waals surface area contributed by atoms with Gasteiger partial charge in [-0.25, -0.2) is 4.99 Å². The van der Waals surface area contributed by atoms with Crippen LogP contribution in [0.15, 0.2) is 64.3 Å². The Bertz CT molecular complexity index is 904. The number of hydrogen-bond donors (Lipinski definition) is 1. The molecule has 3 aliphatic rings. The maximum Gasteiger partial charge on any atom is 0.251 e. The van der Waals surface area contributed by atoms with Gasteiger partial charge in [0.1, 0.15) is 5.75 Å². The number of rotatable bonds is 4. The lowest BCUT2D eigenvalue weighted by atomic mass is 9.85. The van der Waals surface area contributed by atoms with Crippen molar-refractivity contribution < 1.29 is 14.3 Å². The topological polar surface area (TPSA) is 67.8 Å². The van der Waals surface area contributed by atoms with Crippen LogP contribution in [0.5, 0.6) is 5.75 Å². The van der Waals surface area contributed by atoms with E-state index in [-0.39, 0.29) is 17.7 Å². The van der Waals surface area contributed by atoms with Crippen LogP contribution in [0.4, 0.5) is 0 Å². The van der Waals surface area contributed by atoms with Gasteiger partial charge >= 0.3 is 0 Å². The van der Waals surface area contributed by atoms with Crippen molar-refractivity contribution in [1.29, 1.82) is 0 Å². The fraction of sp³-hybridized carbons (Fsp3) is 0.318. The van der Waals surface area contributed by atoms with Crippen LogP contribution >= 0.6 is 0 Å². The predicted octanol–water partition coefficient (Wildman–Crippen LogP) is 3.28. The lowest BCUT2D eigenvalue weighted by molar-refractivity contribution is -0.118. The van der Waals surface area contributed by atoms with Crippen molar-refractivity contribution in [2.45, 2.75) is 32.1 Å². The first kappa shape index (κ1) is 17.5. The molecule has 0 aromatic heterocycles. The molecule has 1 aromatic rings. The molecule has 0 radical (unpaired) electrons. The third-order valence-electron chi connectivity index (χ3n) is 5.31. The fourth-order valence-corrected chi connectivity index (χ4v) is 3.90. The Morgan fingerprint density at radius 3 is 2.85 bits per heavy atom. The number of ether oxygens (including phenoxy) is 1. The second-order valence-corrected chi connectivity index (χ2v) is 7.03. The van der Waals surface area contributed by atoms with Crippen LogP contribution in [0.3, 0.4) is 0 Å².